The van der Waals surface area contributed by atoms with E-state index >= 15 is 0 Å². The molecule has 2 rings (SSSR count). The zero-order chi connectivity index (χ0) is 12.1. The minimum atomic E-state index is -0.240. The van der Waals surface area contributed by atoms with Gasteiger partial charge in [-0.1, -0.05) is 0 Å². The second-order valence-electron chi connectivity index (χ2n) is 4.54. The highest BCUT2D eigenvalue weighted by Gasteiger charge is 2.15. The molecule has 0 bridgehead atoms. The summed E-state index contributed by atoms with van der Waals surface area (Å²) in [7, 11) is 0. The topological polar surface area (TPSA) is 49.5 Å². The minimum Gasteiger partial charge on any atom is -0.399 e. The second-order valence-corrected chi connectivity index (χ2v) is 5.63. The SMILES string of the molecule is Nc1ccc(SCC(O)CN2CCCC2)cc1. The van der Waals surface area contributed by atoms with E-state index in [1.54, 1.807) is 11.8 Å². The maximum absolute atomic E-state index is 9.94. The van der Waals surface area contributed by atoms with Crippen LogP contribution in [0.15, 0.2) is 29.2 Å². The van der Waals surface area contributed by atoms with Crippen LogP contribution in [0.4, 0.5) is 5.69 Å². The highest BCUT2D eigenvalue weighted by Crippen LogP contribution is 2.20. The van der Waals surface area contributed by atoms with Gasteiger partial charge < -0.3 is 15.7 Å². The Bertz CT molecular complexity index is 336. The standard InChI is InChI=1S/C13H20N2OS/c14-11-3-5-13(6-4-11)17-10-12(16)9-15-7-1-2-8-15/h3-6,12,16H,1-2,7-10,14H2. The Balaban J connectivity index is 1.71. The quantitative estimate of drug-likeness (QED) is 0.620. The van der Waals surface area contributed by atoms with Crippen LogP contribution >= 0.6 is 11.8 Å². The number of rotatable bonds is 5. The van der Waals surface area contributed by atoms with E-state index in [-0.39, 0.29) is 6.10 Å². The molecule has 1 heterocycles. The first-order valence-corrected chi connectivity index (χ1v) is 7.11. The lowest BCUT2D eigenvalue weighted by molar-refractivity contribution is 0.144. The smallest absolute Gasteiger partial charge is 0.0760 e. The number of thioether (sulfide) groups is 1. The number of anilines is 1. The Hall–Kier alpha value is -0.710. The summed E-state index contributed by atoms with van der Waals surface area (Å²) < 4.78 is 0. The van der Waals surface area contributed by atoms with Crippen LogP contribution in [-0.4, -0.2) is 41.5 Å². The maximum Gasteiger partial charge on any atom is 0.0760 e. The van der Waals surface area contributed by atoms with Gasteiger partial charge >= 0.3 is 0 Å². The average molecular weight is 252 g/mol. The van der Waals surface area contributed by atoms with Crippen molar-refractivity contribution in [1.29, 1.82) is 0 Å². The molecule has 0 aromatic heterocycles. The van der Waals surface area contributed by atoms with Gasteiger partial charge in [0, 0.05) is 22.9 Å². The number of nitrogens with two attached hydrogens (primary N) is 1. The van der Waals surface area contributed by atoms with E-state index in [0.29, 0.717) is 0 Å². The number of aliphatic hydroxyl groups excluding tert-OH is 1. The normalized spacial score (nSPS) is 18.4. The number of hydrogen-bond donors (Lipinski definition) is 2. The Labute approximate surface area is 107 Å². The van der Waals surface area contributed by atoms with Crippen LogP contribution in [-0.2, 0) is 0 Å². The summed E-state index contributed by atoms with van der Waals surface area (Å²) in [5.41, 5.74) is 6.41. The molecule has 1 aliphatic rings. The van der Waals surface area contributed by atoms with Crippen molar-refractivity contribution in [2.45, 2.75) is 23.8 Å². The molecule has 4 heteroatoms. The molecule has 17 heavy (non-hydrogen) atoms. The molecule has 1 atom stereocenters. The van der Waals surface area contributed by atoms with Crippen molar-refractivity contribution >= 4 is 17.4 Å². The van der Waals surface area contributed by atoms with Gasteiger partial charge in [0.2, 0.25) is 0 Å². The number of β-amino-alcohol motifs (C(OH)–C–C–N with tert-alkyl or cyclic N) is 1. The molecular formula is C13H20N2OS. The largest absolute Gasteiger partial charge is 0.399 e. The summed E-state index contributed by atoms with van der Waals surface area (Å²) in [6, 6.07) is 7.80. The van der Waals surface area contributed by atoms with E-state index < -0.39 is 0 Å². The minimum absolute atomic E-state index is 0.240. The molecule has 0 radical (unpaired) electrons. The zero-order valence-corrected chi connectivity index (χ0v) is 10.8. The molecule has 94 valence electrons. The van der Waals surface area contributed by atoms with Gasteiger partial charge in [-0.15, -0.1) is 11.8 Å². The molecule has 0 spiro atoms. The first-order valence-electron chi connectivity index (χ1n) is 6.13. The predicted octanol–water partition coefficient (Wildman–Crippen LogP) is 1.82. The summed E-state index contributed by atoms with van der Waals surface area (Å²) in [5.74, 6) is 0.750. The molecule has 0 saturated carbocycles. The van der Waals surface area contributed by atoms with Gasteiger partial charge in [-0.2, -0.15) is 0 Å². The third kappa shape index (κ3) is 4.22. The number of nitrogens with zero attached hydrogens (tertiary/aromatic N) is 1. The van der Waals surface area contributed by atoms with Gasteiger partial charge in [0.15, 0.2) is 0 Å². The van der Waals surface area contributed by atoms with Crippen LogP contribution in [0.2, 0.25) is 0 Å². The van der Waals surface area contributed by atoms with Crippen molar-refractivity contribution in [3.05, 3.63) is 24.3 Å². The van der Waals surface area contributed by atoms with Gasteiger partial charge in [0.1, 0.15) is 0 Å². The molecule has 1 unspecified atom stereocenters. The number of hydrogen-bond acceptors (Lipinski definition) is 4. The molecule has 1 aromatic rings. The first kappa shape index (κ1) is 12.7. The predicted molar refractivity (Wildman–Crippen MR) is 73.3 cm³/mol. The van der Waals surface area contributed by atoms with E-state index in [9.17, 15) is 5.11 Å². The molecular weight excluding hydrogens is 232 g/mol. The lowest BCUT2D eigenvalue weighted by atomic mass is 10.3. The van der Waals surface area contributed by atoms with Crippen LogP contribution in [0, 0.1) is 0 Å². The van der Waals surface area contributed by atoms with Crippen LogP contribution in [0.3, 0.4) is 0 Å². The van der Waals surface area contributed by atoms with Crippen molar-refractivity contribution in [2.24, 2.45) is 0 Å². The molecule has 1 aromatic carbocycles. The zero-order valence-electron chi connectivity index (χ0n) is 10.0. The molecule has 3 nitrogen and oxygen atoms in total. The van der Waals surface area contributed by atoms with Gasteiger partial charge in [0.05, 0.1) is 6.10 Å². The second kappa shape index (κ2) is 6.28. The Morgan fingerprint density at radius 1 is 1.24 bits per heavy atom. The van der Waals surface area contributed by atoms with Gasteiger partial charge in [0.25, 0.3) is 0 Å². The van der Waals surface area contributed by atoms with Gasteiger partial charge in [-0.3, -0.25) is 0 Å². The number of aliphatic hydroxyl groups is 1. The fourth-order valence-electron chi connectivity index (χ4n) is 2.07. The van der Waals surface area contributed by atoms with E-state index in [0.717, 1.165) is 31.1 Å². The van der Waals surface area contributed by atoms with Crippen LogP contribution in [0.1, 0.15) is 12.8 Å². The number of benzene rings is 1. The lowest BCUT2D eigenvalue weighted by Gasteiger charge is -2.18. The molecule has 0 aliphatic carbocycles. The monoisotopic (exact) mass is 252 g/mol. The van der Waals surface area contributed by atoms with E-state index in [4.69, 9.17) is 5.73 Å². The van der Waals surface area contributed by atoms with Crippen LogP contribution < -0.4 is 5.73 Å². The van der Waals surface area contributed by atoms with Gasteiger partial charge in [-0.25, -0.2) is 0 Å². The molecule has 1 saturated heterocycles. The van der Waals surface area contributed by atoms with Crippen molar-refractivity contribution in [2.75, 3.05) is 31.1 Å². The number of likely N-dealkylation sites (tertiary alicyclic amines) is 1. The first-order chi connectivity index (χ1) is 8.24. The third-order valence-corrected chi connectivity index (χ3v) is 4.15. The van der Waals surface area contributed by atoms with E-state index in [2.05, 4.69) is 4.90 Å². The summed E-state index contributed by atoms with van der Waals surface area (Å²) in [4.78, 5) is 3.51. The summed E-state index contributed by atoms with van der Waals surface area (Å²) >= 11 is 1.69. The van der Waals surface area contributed by atoms with Crippen molar-refractivity contribution < 1.29 is 5.11 Å². The van der Waals surface area contributed by atoms with Crippen molar-refractivity contribution in [1.82, 2.24) is 4.90 Å². The van der Waals surface area contributed by atoms with Crippen LogP contribution in [0.5, 0.6) is 0 Å². The van der Waals surface area contributed by atoms with Gasteiger partial charge in [-0.05, 0) is 50.2 Å². The molecule has 3 N–H and O–H groups in total. The van der Waals surface area contributed by atoms with Crippen molar-refractivity contribution in [3.8, 4) is 0 Å². The third-order valence-electron chi connectivity index (χ3n) is 2.99. The summed E-state index contributed by atoms with van der Waals surface area (Å²) in [5, 5.41) is 9.94. The Kier molecular flexibility index (Phi) is 4.71. The highest BCUT2D eigenvalue weighted by atomic mass is 32.2. The highest BCUT2D eigenvalue weighted by molar-refractivity contribution is 7.99. The van der Waals surface area contributed by atoms with Crippen LogP contribution in [0.25, 0.3) is 0 Å². The van der Waals surface area contributed by atoms with Crippen molar-refractivity contribution in [3.63, 3.8) is 0 Å². The molecule has 1 aliphatic heterocycles. The Morgan fingerprint density at radius 2 is 1.88 bits per heavy atom. The summed E-state index contributed by atoms with van der Waals surface area (Å²) in [6.07, 6.45) is 2.31. The fourth-order valence-corrected chi connectivity index (χ4v) is 2.89. The molecule has 1 fully saturated rings. The Morgan fingerprint density at radius 3 is 2.53 bits per heavy atom. The number of nitrogen functional groups attached to an aromatic ring is 1. The van der Waals surface area contributed by atoms with E-state index in [1.807, 2.05) is 24.3 Å². The summed E-state index contributed by atoms with van der Waals surface area (Å²) in [6.45, 7) is 3.09. The average Bonchev–Trinajstić information content (AvgIpc) is 2.81. The maximum atomic E-state index is 9.94. The van der Waals surface area contributed by atoms with E-state index in [1.165, 1.54) is 17.7 Å². The fraction of sp³-hybridized carbons (Fsp3) is 0.538. The lowest BCUT2D eigenvalue weighted by Crippen LogP contribution is -2.31. The molecule has 0 amide bonds.